The molecule has 1 aromatic carbocycles. The second-order valence-electron chi connectivity index (χ2n) is 6.75. The number of rotatable bonds is 7. The molecular formula is C19H27N5O2S. The third kappa shape index (κ3) is 4.61. The number of nitrogens with zero attached hydrogens (tertiary/aromatic N) is 5. The van der Waals surface area contributed by atoms with Gasteiger partial charge in [-0.15, -0.1) is 5.10 Å². The molecule has 146 valence electrons. The maximum absolute atomic E-state index is 13.0. The monoisotopic (exact) mass is 389 g/mol. The number of hydrogen-bond donors (Lipinski definition) is 0. The van der Waals surface area contributed by atoms with Gasteiger partial charge in [0.2, 0.25) is 11.1 Å². The van der Waals surface area contributed by atoms with Crippen LogP contribution < -0.4 is 4.74 Å². The number of tetrazole rings is 1. The molecule has 0 N–H and O–H groups in total. The number of benzene rings is 1. The molecule has 1 heterocycles. The van der Waals surface area contributed by atoms with Crippen LogP contribution in [0.1, 0.15) is 46.0 Å². The molecular weight excluding hydrogens is 362 g/mol. The van der Waals surface area contributed by atoms with Gasteiger partial charge in [-0.2, -0.15) is 4.68 Å². The Balaban J connectivity index is 1.71. The molecule has 3 rings (SSSR count). The van der Waals surface area contributed by atoms with E-state index in [1.54, 1.807) is 11.8 Å². The van der Waals surface area contributed by atoms with Crippen molar-refractivity contribution in [1.82, 2.24) is 25.1 Å². The van der Waals surface area contributed by atoms with Crippen LogP contribution in [-0.4, -0.2) is 56.0 Å². The standard InChI is InChI=1S/C19H27N5O2S/c1-4-23(15-8-6-5-7-9-15)18(25)14(2)27-19-20-21-22-24(19)16-10-12-17(26-3)13-11-16/h10-15H,4-9H2,1-3H3/t14-/m1/s1. The van der Waals surface area contributed by atoms with Crippen LogP contribution in [0, 0.1) is 0 Å². The van der Waals surface area contributed by atoms with E-state index in [9.17, 15) is 4.79 Å². The second kappa shape index (κ2) is 9.21. The van der Waals surface area contributed by atoms with Gasteiger partial charge in [0.1, 0.15) is 5.75 Å². The summed E-state index contributed by atoms with van der Waals surface area (Å²) in [6.45, 7) is 4.74. The van der Waals surface area contributed by atoms with Crippen molar-refractivity contribution in [2.24, 2.45) is 0 Å². The van der Waals surface area contributed by atoms with Crippen molar-refractivity contribution in [3.63, 3.8) is 0 Å². The number of thioether (sulfide) groups is 1. The van der Waals surface area contributed by atoms with Crippen LogP contribution >= 0.6 is 11.8 Å². The van der Waals surface area contributed by atoms with Crippen LogP contribution in [-0.2, 0) is 4.79 Å². The van der Waals surface area contributed by atoms with Crippen molar-refractivity contribution in [1.29, 1.82) is 0 Å². The minimum absolute atomic E-state index is 0.165. The highest BCUT2D eigenvalue weighted by Gasteiger charge is 2.29. The number of methoxy groups -OCH3 is 1. The number of ether oxygens (including phenoxy) is 1. The summed E-state index contributed by atoms with van der Waals surface area (Å²) in [5.41, 5.74) is 0.836. The zero-order valence-electron chi connectivity index (χ0n) is 16.2. The van der Waals surface area contributed by atoms with Gasteiger partial charge >= 0.3 is 0 Å². The first kappa shape index (κ1) is 19.7. The summed E-state index contributed by atoms with van der Waals surface area (Å²) in [4.78, 5) is 15.1. The molecule has 1 saturated carbocycles. The van der Waals surface area contributed by atoms with E-state index in [1.165, 1.54) is 31.0 Å². The van der Waals surface area contributed by atoms with Crippen molar-refractivity contribution in [3.8, 4) is 11.4 Å². The molecule has 1 amide bonds. The average molecular weight is 390 g/mol. The number of carbonyl (C=O) groups excluding carboxylic acids is 1. The molecule has 0 radical (unpaired) electrons. The molecule has 0 bridgehead atoms. The highest BCUT2D eigenvalue weighted by atomic mass is 32.2. The third-order valence-electron chi connectivity index (χ3n) is 5.03. The summed E-state index contributed by atoms with van der Waals surface area (Å²) in [6.07, 6.45) is 5.93. The summed E-state index contributed by atoms with van der Waals surface area (Å²) in [5.74, 6) is 0.939. The molecule has 0 unspecified atom stereocenters. The van der Waals surface area contributed by atoms with Gasteiger partial charge in [-0.25, -0.2) is 0 Å². The van der Waals surface area contributed by atoms with E-state index in [4.69, 9.17) is 4.74 Å². The lowest BCUT2D eigenvalue weighted by molar-refractivity contribution is -0.133. The molecule has 0 saturated heterocycles. The fourth-order valence-corrected chi connectivity index (χ4v) is 4.44. The topological polar surface area (TPSA) is 73.1 Å². The van der Waals surface area contributed by atoms with E-state index < -0.39 is 0 Å². The predicted octanol–water partition coefficient (Wildman–Crippen LogP) is 3.33. The summed E-state index contributed by atoms with van der Waals surface area (Å²) < 4.78 is 6.85. The Kier molecular flexibility index (Phi) is 6.71. The molecule has 0 aliphatic heterocycles. The minimum Gasteiger partial charge on any atom is -0.497 e. The normalized spacial score (nSPS) is 16.1. The third-order valence-corrected chi connectivity index (χ3v) is 6.05. The first-order valence-electron chi connectivity index (χ1n) is 9.54. The fraction of sp³-hybridized carbons (Fsp3) is 0.579. The summed E-state index contributed by atoms with van der Waals surface area (Å²) in [7, 11) is 1.63. The van der Waals surface area contributed by atoms with Crippen molar-refractivity contribution < 1.29 is 9.53 Å². The smallest absolute Gasteiger partial charge is 0.236 e. The zero-order chi connectivity index (χ0) is 19.2. The highest BCUT2D eigenvalue weighted by molar-refractivity contribution is 8.00. The SMILES string of the molecule is CCN(C(=O)[C@@H](C)Sc1nnnn1-c1ccc(OC)cc1)C1CCCCC1. The van der Waals surface area contributed by atoms with Crippen LogP contribution in [0.3, 0.4) is 0 Å². The van der Waals surface area contributed by atoms with Crippen LogP contribution in [0.25, 0.3) is 5.69 Å². The first-order chi connectivity index (χ1) is 13.1. The van der Waals surface area contributed by atoms with Crippen molar-refractivity contribution in [3.05, 3.63) is 24.3 Å². The Hall–Kier alpha value is -2.09. The largest absolute Gasteiger partial charge is 0.497 e. The lowest BCUT2D eigenvalue weighted by atomic mass is 9.94. The molecule has 7 nitrogen and oxygen atoms in total. The van der Waals surface area contributed by atoms with Crippen molar-refractivity contribution >= 4 is 17.7 Å². The molecule has 0 spiro atoms. The Morgan fingerprint density at radius 1 is 1.30 bits per heavy atom. The van der Waals surface area contributed by atoms with Crippen LogP contribution in [0.4, 0.5) is 0 Å². The van der Waals surface area contributed by atoms with E-state index in [2.05, 4.69) is 22.4 Å². The molecule has 1 fully saturated rings. The first-order valence-corrected chi connectivity index (χ1v) is 10.4. The lowest BCUT2D eigenvalue weighted by Gasteiger charge is -2.35. The molecule has 27 heavy (non-hydrogen) atoms. The van der Waals surface area contributed by atoms with E-state index in [1.807, 2.05) is 36.1 Å². The average Bonchev–Trinajstić information content (AvgIpc) is 3.17. The Morgan fingerprint density at radius 3 is 2.63 bits per heavy atom. The molecule has 8 heteroatoms. The zero-order valence-corrected chi connectivity index (χ0v) is 17.0. The van der Waals surface area contributed by atoms with E-state index >= 15 is 0 Å². The van der Waals surface area contributed by atoms with Gasteiger partial charge in [0, 0.05) is 12.6 Å². The summed E-state index contributed by atoms with van der Waals surface area (Å²) in [5, 5.41) is 12.4. The Bertz CT molecular complexity index is 743. The number of amides is 1. The van der Waals surface area contributed by atoms with Gasteiger partial charge in [-0.3, -0.25) is 4.79 Å². The van der Waals surface area contributed by atoms with Gasteiger partial charge in [-0.05, 0) is 61.4 Å². The Labute approximate surface area is 164 Å². The van der Waals surface area contributed by atoms with Crippen LogP contribution in [0.5, 0.6) is 5.75 Å². The number of hydrogen-bond acceptors (Lipinski definition) is 6. The molecule has 1 aromatic heterocycles. The van der Waals surface area contributed by atoms with Crippen LogP contribution in [0.2, 0.25) is 0 Å². The molecule has 1 aliphatic carbocycles. The quantitative estimate of drug-likeness (QED) is 0.676. The van der Waals surface area contributed by atoms with Gasteiger partial charge in [0.15, 0.2) is 0 Å². The van der Waals surface area contributed by atoms with Gasteiger partial charge < -0.3 is 9.64 Å². The maximum atomic E-state index is 13.0. The van der Waals surface area contributed by atoms with E-state index in [-0.39, 0.29) is 11.2 Å². The second-order valence-corrected chi connectivity index (χ2v) is 8.06. The van der Waals surface area contributed by atoms with Gasteiger partial charge in [0.05, 0.1) is 18.0 Å². The molecule has 1 aliphatic rings. The summed E-state index contributed by atoms with van der Waals surface area (Å²) in [6, 6.07) is 7.89. The van der Waals surface area contributed by atoms with Gasteiger partial charge in [-0.1, -0.05) is 31.0 Å². The van der Waals surface area contributed by atoms with Crippen molar-refractivity contribution in [2.45, 2.75) is 62.4 Å². The number of aromatic nitrogens is 4. The lowest BCUT2D eigenvalue weighted by Crippen LogP contribution is -2.44. The fourth-order valence-electron chi connectivity index (χ4n) is 3.57. The molecule has 1 atom stereocenters. The van der Waals surface area contributed by atoms with Crippen molar-refractivity contribution in [2.75, 3.05) is 13.7 Å². The Morgan fingerprint density at radius 2 is 2.00 bits per heavy atom. The van der Waals surface area contributed by atoms with E-state index in [0.29, 0.717) is 11.2 Å². The highest BCUT2D eigenvalue weighted by Crippen LogP contribution is 2.28. The maximum Gasteiger partial charge on any atom is 0.236 e. The number of carbonyl (C=O) groups is 1. The molecule has 2 aromatic rings. The summed E-state index contributed by atoms with van der Waals surface area (Å²) >= 11 is 1.40. The van der Waals surface area contributed by atoms with Gasteiger partial charge in [0.25, 0.3) is 0 Å². The van der Waals surface area contributed by atoms with E-state index in [0.717, 1.165) is 30.8 Å². The predicted molar refractivity (Wildman–Crippen MR) is 105 cm³/mol. The van der Waals surface area contributed by atoms with Crippen LogP contribution in [0.15, 0.2) is 29.4 Å². The minimum atomic E-state index is -0.241.